The average molecular weight is 250 g/mol. The van der Waals surface area contributed by atoms with Crippen LogP contribution in [0.3, 0.4) is 0 Å². The van der Waals surface area contributed by atoms with Crippen LogP contribution < -0.4 is 0 Å². The third-order valence-corrected chi connectivity index (χ3v) is 3.35. The predicted octanol–water partition coefficient (Wildman–Crippen LogP) is 3.30. The molecule has 0 amide bonds. The molecule has 0 N–H and O–H groups in total. The van der Waals surface area contributed by atoms with Crippen LogP contribution >= 0.6 is 0 Å². The lowest BCUT2D eigenvalue weighted by molar-refractivity contribution is 0.0950. The van der Waals surface area contributed by atoms with Gasteiger partial charge in [0.15, 0.2) is 11.6 Å². The monoisotopic (exact) mass is 250 g/mol. The van der Waals surface area contributed by atoms with E-state index in [0.717, 1.165) is 17.0 Å². The Morgan fingerprint density at radius 2 is 1.84 bits per heavy atom. The number of aromatic nitrogens is 2. The highest BCUT2D eigenvalue weighted by atomic mass is 16.1. The second-order valence-electron chi connectivity index (χ2n) is 4.77. The van der Waals surface area contributed by atoms with Gasteiger partial charge in [-0.2, -0.15) is 0 Å². The molecule has 3 heteroatoms. The Labute approximate surface area is 112 Å². The summed E-state index contributed by atoms with van der Waals surface area (Å²) in [5.74, 6) is 0.691. The quantitative estimate of drug-likeness (QED) is 0.780. The maximum Gasteiger partial charge on any atom is 0.173 e. The summed E-state index contributed by atoms with van der Waals surface area (Å²) in [6, 6.07) is 9.81. The Kier molecular flexibility index (Phi) is 2.75. The van der Waals surface area contributed by atoms with Crippen molar-refractivity contribution in [1.82, 2.24) is 9.97 Å². The molecule has 0 bridgehead atoms. The van der Waals surface area contributed by atoms with Gasteiger partial charge in [0.25, 0.3) is 0 Å². The molecule has 19 heavy (non-hydrogen) atoms. The molecule has 1 aromatic heterocycles. The molecule has 94 valence electrons. The summed E-state index contributed by atoms with van der Waals surface area (Å²) in [5.41, 5.74) is 3.11. The van der Waals surface area contributed by atoms with Gasteiger partial charge in [0.1, 0.15) is 0 Å². The molecule has 1 aliphatic rings. The first-order valence-corrected chi connectivity index (χ1v) is 6.33. The van der Waals surface area contributed by atoms with Gasteiger partial charge in [0.2, 0.25) is 0 Å². The first-order valence-electron chi connectivity index (χ1n) is 6.33. The number of allylic oxidation sites excluding steroid dienone is 1. The first kappa shape index (κ1) is 11.8. The molecule has 1 aliphatic carbocycles. The summed E-state index contributed by atoms with van der Waals surface area (Å²) < 4.78 is 0. The number of benzene rings is 1. The smallest absolute Gasteiger partial charge is 0.173 e. The predicted molar refractivity (Wildman–Crippen MR) is 74.7 cm³/mol. The molecular weight excluding hydrogens is 236 g/mol. The minimum absolute atomic E-state index is 0.0858. The van der Waals surface area contributed by atoms with E-state index in [1.165, 1.54) is 0 Å². The zero-order valence-corrected chi connectivity index (χ0v) is 10.9. The van der Waals surface area contributed by atoms with Gasteiger partial charge in [-0.3, -0.25) is 4.79 Å². The molecule has 3 nitrogen and oxygen atoms in total. The summed E-state index contributed by atoms with van der Waals surface area (Å²) in [6.07, 6.45) is 3.81. The fourth-order valence-electron chi connectivity index (χ4n) is 2.29. The van der Waals surface area contributed by atoms with E-state index in [9.17, 15) is 4.79 Å². The second kappa shape index (κ2) is 4.43. The minimum atomic E-state index is -0.0858. The number of carbonyl (C=O) groups is 1. The maximum atomic E-state index is 12.2. The highest BCUT2D eigenvalue weighted by molar-refractivity contribution is 6.04. The van der Waals surface area contributed by atoms with Gasteiger partial charge in [-0.05, 0) is 13.0 Å². The largest absolute Gasteiger partial charge is 0.293 e. The van der Waals surface area contributed by atoms with Crippen LogP contribution in [0, 0.1) is 12.8 Å². The third kappa shape index (κ3) is 1.97. The van der Waals surface area contributed by atoms with Crippen LogP contribution in [0.5, 0.6) is 0 Å². The highest BCUT2D eigenvalue weighted by Gasteiger charge is 2.24. The van der Waals surface area contributed by atoms with Gasteiger partial charge in [-0.25, -0.2) is 9.97 Å². The number of rotatable bonds is 1. The van der Waals surface area contributed by atoms with Crippen molar-refractivity contribution in [2.45, 2.75) is 13.8 Å². The van der Waals surface area contributed by atoms with Crippen molar-refractivity contribution >= 4 is 11.9 Å². The standard InChI is InChI=1S/C16H14N2O/c1-10-8-9-13-14(15(10)19)11(2)17-16(18-13)12-6-4-3-5-7-12/h3-10H,1-2H3. The van der Waals surface area contributed by atoms with Gasteiger partial charge < -0.3 is 0 Å². The summed E-state index contributed by atoms with van der Waals surface area (Å²) in [6.45, 7) is 3.77. The van der Waals surface area contributed by atoms with Crippen molar-refractivity contribution in [2.24, 2.45) is 5.92 Å². The second-order valence-corrected chi connectivity index (χ2v) is 4.77. The normalized spacial score (nSPS) is 17.4. The van der Waals surface area contributed by atoms with Crippen molar-refractivity contribution in [2.75, 3.05) is 0 Å². The number of nitrogens with zero attached hydrogens (tertiary/aromatic N) is 2. The topological polar surface area (TPSA) is 42.9 Å². The number of Topliss-reactive ketones (excluding diaryl/α,β-unsaturated/α-hetero) is 1. The van der Waals surface area contributed by atoms with Gasteiger partial charge in [0.05, 0.1) is 17.0 Å². The molecule has 2 aromatic rings. The van der Waals surface area contributed by atoms with E-state index in [0.29, 0.717) is 11.4 Å². The molecule has 1 aromatic carbocycles. The molecule has 1 unspecified atom stereocenters. The summed E-state index contributed by atoms with van der Waals surface area (Å²) >= 11 is 0. The van der Waals surface area contributed by atoms with Crippen LogP contribution in [0.25, 0.3) is 17.5 Å². The molecule has 0 aliphatic heterocycles. The number of ketones is 1. The zero-order chi connectivity index (χ0) is 13.4. The number of aryl methyl sites for hydroxylation is 1. The Bertz CT molecular complexity index is 675. The van der Waals surface area contributed by atoms with Crippen molar-refractivity contribution in [1.29, 1.82) is 0 Å². The van der Waals surface area contributed by atoms with Gasteiger partial charge in [-0.1, -0.05) is 43.3 Å². The van der Waals surface area contributed by atoms with E-state index in [4.69, 9.17) is 0 Å². The molecule has 0 saturated heterocycles. The highest BCUT2D eigenvalue weighted by Crippen LogP contribution is 2.26. The molecule has 0 spiro atoms. The Hall–Kier alpha value is -2.29. The van der Waals surface area contributed by atoms with Crippen LogP contribution in [0.1, 0.15) is 28.7 Å². The van der Waals surface area contributed by atoms with Crippen molar-refractivity contribution in [3.8, 4) is 11.4 Å². The Morgan fingerprint density at radius 1 is 1.11 bits per heavy atom. The van der Waals surface area contributed by atoms with Gasteiger partial charge in [0, 0.05) is 11.5 Å². The fraction of sp³-hybridized carbons (Fsp3) is 0.188. The molecular formula is C16H14N2O. The number of hydrogen-bond donors (Lipinski definition) is 0. The van der Waals surface area contributed by atoms with Crippen LogP contribution in [0.2, 0.25) is 0 Å². The zero-order valence-electron chi connectivity index (χ0n) is 10.9. The van der Waals surface area contributed by atoms with Crippen LogP contribution in [0.4, 0.5) is 0 Å². The summed E-state index contributed by atoms with van der Waals surface area (Å²) in [5, 5.41) is 0. The SMILES string of the molecule is Cc1nc(-c2ccccc2)nc2c1C(=O)C(C)C=C2. The molecule has 3 rings (SSSR count). The van der Waals surface area contributed by atoms with E-state index >= 15 is 0 Å². The lowest BCUT2D eigenvalue weighted by atomic mass is 9.91. The fourth-order valence-corrected chi connectivity index (χ4v) is 2.29. The maximum absolute atomic E-state index is 12.2. The molecule has 1 heterocycles. The number of fused-ring (bicyclic) bond motifs is 1. The van der Waals surface area contributed by atoms with E-state index in [-0.39, 0.29) is 11.7 Å². The summed E-state index contributed by atoms with van der Waals surface area (Å²) in [4.78, 5) is 21.1. The van der Waals surface area contributed by atoms with E-state index in [2.05, 4.69) is 9.97 Å². The minimum Gasteiger partial charge on any atom is -0.293 e. The third-order valence-electron chi connectivity index (χ3n) is 3.35. The molecule has 1 atom stereocenters. The van der Waals surface area contributed by atoms with E-state index in [1.54, 1.807) is 0 Å². The number of hydrogen-bond acceptors (Lipinski definition) is 3. The van der Waals surface area contributed by atoms with Crippen molar-refractivity contribution < 1.29 is 4.79 Å². The van der Waals surface area contributed by atoms with E-state index in [1.807, 2.05) is 56.3 Å². The first-order chi connectivity index (χ1) is 9.16. The summed E-state index contributed by atoms with van der Waals surface area (Å²) in [7, 11) is 0. The van der Waals surface area contributed by atoms with Crippen LogP contribution in [-0.2, 0) is 0 Å². The molecule has 0 radical (unpaired) electrons. The van der Waals surface area contributed by atoms with Crippen LogP contribution in [0.15, 0.2) is 36.4 Å². The molecule has 0 saturated carbocycles. The van der Waals surface area contributed by atoms with E-state index < -0.39 is 0 Å². The van der Waals surface area contributed by atoms with Crippen molar-refractivity contribution in [3.63, 3.8) is 0 Å². The lowest BCUT2D eigenvalue weighted by Gasteiger charge is -2.16. The van der Waals surface area contributed by atoms with Crippen LogP contribution in [-0.4, -0.2) is 15.8 Å². The lowest BCUT2D eigenvalue weighted by Crippen LogP contribution is -2.18. The number of carbonyl (C=O) groups excluding carboxylic acids is 1. The van der Waals surface area contributed by atoms with Gasteiger partial charge >= 0.3 is 0 Å². The average Bonchev–Trinajstić information content (AvgIpc) is 2.43. The van der Waals surface area contributed by atoms with Gasteiger partial charge in [-0.15, -0.1) is 0 Å². The Morgan fingerprint density at radius 3 is 2.58 bits per heavy atom. The van der Waals surface area contributed by atoms with Crippen molar-refractivity contribution in [3.05, 3.63) is 53.4 Å². The Balaban J connectivity index is 2.18. The molecule has 0 fully saturated rings.